The Hall–Kier alpha value is -1.82. The first-order valence-electron chi connectivity index (χ1n) is 10.4. The molecule has 6 heteroatoms. The Balaban J connectivity index is 1.55. The van der Waals surface area contributed by atoms with Gasteiger partial charge in [0.15, 0.2) is 5.96 Å². The van der Waals surface area contributed by atoms with Gasteiger partial charge in [-0.25, -0.2) is 0 Å². The molecule has 1 fully saturated rings. The summed E-state index contributed by atoms with van der Waals surface area (Å²) < 4.78 is 7.83. The molecule has 2 N–H and O–H groups in total. The molecule has 1 aromatic rings. The monoisotopic (exact) mass is 376 g/mol. The van der Waals surface area contributed by atoms with Crippen LogP contribution in [0.1, 0.15) is 57.1 Å². The van der Waals surface area contributed by atoms with Gasteiger partial charge in [-0.1, -0.05) is 31.7 Å². The molecule has 1 aliphatic carbocycles. The Kier molecular flexibility index (Phi) is 9.98. The van der Waals surface area contributed by atoms with Crippen LogP contribution in [0.4, 0.5) is 0 Å². The molecule has 0 aliphatic heterocycles. The quantitative estimate of drug-likeness (QED) is 0.301. The molecule has 0 bridgehead atoms. The van der Waals surface area contributed by atoms with E-state index in [1.807, 2.05) is 23.6 Å². The van der Waals surface area contributed by atoms with Crippen molar-refractivity contribution in [1.82, 2.24) is 15.2 Å². The van der Waals surface area contributed by atoms with Crippen molar-refractivity contribution in [2.24, 2.45) is 4.99 Å². The van der Waals surface area contributed by atoms with E-state index >= 15 is 0 Å². The van der Waals surface area contributed by atoms with Gasteiger partial charge in [0.05, 0.1) is 12.7 Å². The largest absolute Gasteiger partial charge is 0.376 e. The van der Waals surface area contributed by atoms with Crippen LogP contribution in [-0.2, 0) is 11.3 Å². The number of aromatic nitrogens is 1. The van der Waals surface area contributed by atoms with Gasteiger partial charge in [-0.05, 0) is 38.7 Å². The number of unbranched alkanes of at least 4 members (excludes halogenated alkanes) is 1. The van der Waals surface area contributed by atoms with Gasteiger partial charge in [-0.15, -0.1) is 0 Å². The van der Waals surface area contributed by atoms with E-state index < -0.39 is 0 Å². The molecule has 6 nitrogen and oxygen atoms in total. The standard InChI is InChI=1S/C21H36N4O2/c1-18-10-9-13-20(26)25(18)16-8-7-14-23-21(22-2)24-15-17-27-19-11-5-3-4-6-12-19/h9-10,13,19H,3-8,11-12,14-17H2,1-2H3,(H2,22,23,24). The molecule has 1 heterocycles. The van der Waals surface area contributed by atoms with E-state index in [-0.39, 0.29) is 5.56 Å². The lowest BCUT2D eigenvalue weighted by atomic mass is 10.1. The highest BCUT2D eigenvalue weighted by atomic mass is 16.5. The van der Waals surface area contributed by atoms with Gasteiger partial charge < -0.3 is 19.9 Å². The molecule has 0 atom stereocenters. The van der Waals surface area contributed by atoms with Gasteiger partial charge in [-0.2, -0.15) is 0 Å². The first kappa shape index (κ1) is 21.5. The molecule has 0 saturated heterocycles. The number of rotatable bonds is 9. The molecule has 0 amide bonds. The van der Waals surface area contributed by atoms with Gasteiger partial charge in [0.25, 0.3) is 5.56 Å². The molecule has 0 radical (unpaired) electrons. The van der Waals surface area contributed by atoms with Gasteiger partial charge >= 0.3 is 0 Å². The number of aliphatic imine (C=N–C) groups is 1. The third kappa shape index (κ3) is 8.16. The van der Waals surface area contributed by atoms with Crippen LogP contribution in [0.2, 0.25) is 0 Å². The molecule has 0 aromatic carbocycles. The van der Waals surface area contributed by atoms with Crippen LogP contribution in [0.5, 0.6) is 0 Å². The van der Waals surface area contributed by atoms with E-state index in [1.165, 1.54) is 38.5 Å². The van der Waals surface area contributed by atoms with Crippen molar-refractivity contribution in [3.8, 4) is 0 Å². The summed E-state index contributed by atoms with van der Waals surface area (Å²) in [5.41, 5.74) is 1.09. The van der Waals surface area contributed by atoms with Crippen LogP contribution in [0.3, 0.4) is 0 Å². The Morgan fingerprint density at radius 3 is 2.59 bits per heavy atom. The lowest BCUT2D eigenvalue weighted by Crippen LogP contribution is -2.39. The first-order valence-corrected chi connectivity index (χ1v) is 10.4. The molecule has 0 unspecified atom stereocenters. The average molecular weight is 377 g/mol. The smallest absolute Gasteiger partial charge is 0.250 e. The number of pyridine rings is 1. The van der Waals surface area contributed by atoms with Crippen LogP contribution >= 0.6 is 0 Å². The summed E-state index contributed by atoms with van der Waals surface area (Å²) in [6, 6.07) is 5.40. The second kappa shape index (κ2) is 12.5. The lowest BCUT2D eigenvalue weighted by molar-refractivity contribution is 0.0468. The maximum Gasteiger partial charge on any atom is 0.250 e. The molecule has 152 valence electrons. The Morgan fingerprint density at radius 2 is 1.89 bits per heavy atom. The minimum atomic E-state index is 0.0779. The van der Waals surface area contributed by atoms with Crippen LogP contribution in [-0.4, -0.2) is 43.4 Å². The third-order valence-corrected chi connectivity index (χ3v) is 5.14. The van der Waals surface area contributed by atoms with Gasteiger partial charge in [0.2, 0.25) is 0 Å². The fourth-order valence-corrected chi connectivity index (χ4v) is 3.54. The van der Waals surface area contributed by atoms with E-state index in [2.05, 4.69) is 15.6 Å². The SMILES string of the molecule is CN=C(NCCCCn1c(C)cccc1=O)NCCOC1CCCCCC1. The molecular weight excluding hydrogens is 340 g/mol. The minimum absolute atomic E-state index is 0.0779. The van der Waals surface area contributed by atoms with Crippen LogP contribution in [0.15, 0.2) is 28.0 Å². The predicted molar refractivity (Wildman–Crippen MR) is 111 cm³/mol. The highest BCUT2D eigenvalue weighted by Crippen LogP contribution is 2.19. The van der Waals surface area contributed by atoms with Crippen molar-refractivity contribution in [2.45, 2.75) is 70.9 Å². The Morgan fingerprint density at radius 1 is 1.15 bits per heavy atom. The zero-order valence-electron chi connectivity index (χ0n) is 17.0. The molecular formula is C21H36N4O2. The topological polar surface area (TPSA) is 67.7 Å². The van der Waals surface area contributed by atoms with E-state index in [9.17, 15) is 4.79 Å². The normalized spacial score (nSPS) is 16.1. The molecule has 2 rings (SSSR count). The number of nitrogens with zero attached hydrogens (tertiary/aromatic N) is 2. The number of nitrogens with one attached hydrogen (secondary N) is 2. The summed E-state index contributed by atoms with van der Waals surface area (Å²) in [4.78, 5) is 16.1. The van der Waals surface area contributed by atoms with E-state index in [1.54, 1.807) is 13.1 Å². The van der Waals surface area contributed by atoms with Crippen molar-refractivity contribution in [2.75, 3.05) is 26.7 Å². The third-order valence-electron chi connectivity index (χ3n) is 5.14. The van der Waals surface area contributed by atoms with Crippen LogP contribution < -0.4 is 16.2 Å². The van der Waals surface area contributed by atoms with Crippen molar-refractivity contribution in [3.05, 3.63) is 34.2 Å². The average Bonchev–Trinajstić information content (AvgIpc) is 2.94. The Bertz CT molecular complexity index is 619. The fourth-order valence-electron chi connectivity index (χ4n) is 3.54. The first-order chi connectivity index (χ1) is 13.2. The van der Waals surface area contributed by atoms with Crippen molar-refractivity contribution >= 4 is 5.96 Å². The number of hydrogen-bond donors (Lipinski definition) is 2. The van der Waals surface area contributed by atoms with Gasteiger partial charge in [0.1, 0.15) is 0 Å². The molecule has 0 spiro atoms. The summed E-state index contributed by atoms with van der Waals surface area (Å²) in [5, 5.41) is 6.64. The molecule has 1 saturated carbocycles. The summed E-state index contributed by atoms with van der Waals surface area (Å²) in [6.45, 7) is 5.07. The van der Waals surface area contributed by atoms with Crippen LogP contribution in [0.25, 0.3) is 0 Å². The van der Waals surface area contributed by atoms with Crippen molar-refractivity contribution in [3.63, 3.8) is 0 Å². The predicted octanol–water partition coefficient (Wildman–Crippen LogP) is 2.84. The van der Waals surface area contributed by atoms with Crippen LogP contribution in [0, 0.1) is 6.92 Å². The maximum atomic E-state index is 11.8. The summed E-state index contributed by atoms with van der Waals surface area (Å²) in [7, 11) is 1.79. The maximum absolute atomic E-state index is 11.8. The van der Waals surface area contributed by atoms with E-state index in [0.29, 0.717) is 6.10 Å². The van der Waals surface area contributed by atoms with E-state index in [4.69, 9.17) is 4.74 Å². The van der Waals surface area contributed by atoms with Crippen molar-refractivity contribution in [1.29, 1.82) is 0 Å². The van der Waals surface area contributed by atoms with Crippen molar-refractivity contribution < 1.29 is 4.74 Å². The minimum Gasteiger partial charge on any atom is -0.376 e. The lowest BCUT2D eigenvalue weighted by Gasteiger charge is -2.17. The highest BCUT2D eigenvalue weighted by Gasteiger charge is 2.12. The zero-order chi connectivity index (χ0) is 19.3. The summed E-state index contributed by atoms with van der Waals surface area (Å²) in [5.74, 6) is 0.813. The van der Waals surface area contributed by atoms with E-state index in [0.717, 1.165) is 50.7 Å². The summed E-state index contributed by atoms with van der Waals surface area (Å²) >= 11 is 0. The Labute approximate surface area is 163 Å². The second-order valence-corrected chi connectivity index (χ2v) is 7.27. The number of hydrogen-bond acceptors (Lipinski definition) is 3. The molecule has 27 heavy (non-hydrogen) atoms. The fraction of sp³-hybridized carbons (Fsp3) is 0.714. The number of aryl methyl sites for hydroxylation is 1. The number of ether oxygens (including phenoxy) is 1. The summed E-state index contributed by atoms with van der Waals surface area (Å²) in [6.07, 6.45) is 10.1. The van der Waals surface area contributed by atoms with Gasteiger partial charge in [0, 0.05) is 38.4 Å². The molecule has 1 aliphatic rings. The second-order valence-electron chi connectivity index (χ2n) is 7.27. The van der Waals surface area contributed by atoms with Gasteiger partial charge in [-0.3, -0.25) is 9.79 Å². The molecule has 1 aromatic heterocycles. The number of guanidine groups is 1. The zero-order valence-corrected chi connectivity index (χ0v) is 17.0. The highest BCUT2D eigenvalue weighted by molar-refractivity contribution is 5.79.